The van der Waals surface area contributed by atoms with Crippen LogP contribution in [-0.4, -0.2) is 77.6 Å². The van der Waals surface area contributed by atoms with Crippen LogP contribution in [-0.2, 0) is 9.53 Å². The van der Waals surface area contributed by atoms with E-state index >= 15 is 0 Å². The summed E-state index contributed by atoms with van der Waals surface area (Å²) < 4.78 is 5.74. The fraction of sp³-hybridized carbons (Fsp3) is 0.650. The Morgan fingerprint density at radius 3 is 2.67 bits per heavy atom. The van der Waals surface area contributed by atoms with Gasteiger partial charge in [0.2, 0.25) is 5.91 Å². The number of hydrogen-bond acceptors (Lipinski definition) is 5. The molecule has 0 unspecified atom stereocenters. The van der Waals surface area contributed by atoms with Crippen LogP contribution in [0.2, 0.25) is 0 Å². The number of rotatable bonds is 3. The lowest BCUT2D eigenvalue weighted by atomic mass is 9.95. The zero-order valence-electron chi connectivity index (χ0n) is 15.8. The molecule has 7 nitrogen and oxygen atoms in total. The third-order valence-corrected chi connectivity index (χ3v) is 6.02. The van der Waals surface area contributed by atoms with Crippen molar-refractivity contribution < 1.29 is 14.3 Å². The normalized spacial score (nSPS) is 29.4. The molecule has 0 radical (unpaired) electrons. The maximum atomic E-state index is 12.7. The van der Waals surface area contributed by atoms with E-state index in [2.05, 4.69) is 22.1 Å². The van der Waals surface area contributed by atoms with Crippen LogP contribution in [0, 0.1) is 5.92 Å². The summed E-state index contributed by atoms with van der Waals surface area (Å²) in [4.78, 5) is 33.4. The van der Waals surface area contributed by atoms with E-state index in [4.69, 9.17) is 4.74 Å². The summed E-state index contributed by atoms with van der Waals surface area (Å²) in [7, 11) is 0. The molecule has 3 atom stereocenters. The molecule has 0 spiro atoms. The molecule has 146 valence electrons. The number of carbonyl (C=O) groups is 2. The molecule has 27 heavy (non-hydrogen) atoms. The molecule has 4 heterocycles. The van der Waals surface area contributed by atoms with Gasteiger partial charge in [-0.15, -0.1) is 0 Å². The van der Waals surface area contributed by atoms with E-state index in [1.165, 1.54) is 0 Å². The number of hydrogen-bond donors (Lipinski definition) is 1. The van der Waals surface area contributed by atoms with Crippen molar-refractivity contribution in [1.82, 2.24) is 20.1 Å². The van der Waals surface area contributed by atoms with Gasteiger partial charge in [-0.25, -0.2) is 0 Å². The predicted octanol–water partition coefficient (Wildman–Crippen LogP) is 0.912. The minimum absolute atomic E-state index is 0.000656. The molecular weight excluding hydrogens is 344 g/mol. The number of piperidine rings is 1. The quantitative estimate of drug-likeness (QED) is 0.854. The molecule has 0 aromatic carbocycles. The number of ether oxygens (including phenoxy) is 1. The number of carbonyl (C=O) groups excluding carboxylic acids is 2. The zero-order valence-corrected chi connectivity index (χ0v) is 15.8. The van der Waals surface area contributed by atoms with Gasteiger partial charge in [0.05, 0.1) is 12.7 Å². The Hall–Kier alpha value is -1.99. The van der Waals surface area contributed by atoms with Gasteiger partial charge in [0.25, 0.3) is 5.91 Å². The van der Waals surface area contributed by atoms with Crippen LogP contribution in [0.5, 0.6) is 0 Å². The minimum atomic E-state index is -0.000656. The van der Waals surface area contributed by atoms with Gasteiger partial charge in [0, 0.05) is 62.1 Å². The van der Waals surface area contributed by atoms with E-state index in [9.17, 15) is 9.59 Å². The van der Waals surface area contributed by atoms with Crippen molar-refractivity contribution in [2.24, 2.45) is 5.92 Å². The number of aromatic nitrogens is 1. The van der Waals surface area contributed by atoms with E-state index in [0.29, 0.717) is 24.7 Å². The average Bonchev–Trinajstić information content (AvgIpc) is 3.09. The molecule has 2 amide bonds. The van der Waals surface area contributed by atoms with Crippen LogP contribution in [0.3, 0.4) is 0 Å². The zero-order chi connectivity index (χ0) is 18.8. The lowest BCUT2D eigenvalue weighted by Gasteiger charge is -2.33. The summed E-state index contributed by atoms with van der Waals surface area (Å²) >= 11 is 0. The van der Waals surface area contributed by atoms with Gasteiger partial charge in [-0.05, 0) is 38.3 Å². The van der Waals surface area contributed by atoms with Crippen molar-refractivity contribution in [3.05, 3.63) is 30.1 Å². The first-order valence-electron chi connectivity index (χ1n) is 9.95. The summed E-state index contributed by atoms with van der Waals surface area (Å²) in [6, 6.07) is 4.13. The van der Waals surface area contributed by atoms with E-state index in [1.807, 2.05) is 4.90 Å². The van der Waals surface area contributed by atoms with Crippen molar-refractivity contribution in [3.8, 4) is 0 Å². The second-order valence-corrected chi connectivity index (χ2v) is 8.00. The highest BCUT2D eigenvalue weighted by Gasteiger charge is 2.38. The molecule has 3 aliphatic heterocycles. The molecule has 4 rings (SSSR count). The van der Waals surface area contributed by atoms with E-state index in [-0.39, 0.29) is 29.9 Å². The van der Waals surface area contributed by atoms with Gasteiger partial charge in [0.15, 0.2) is 0 Å². The first-order valence-corrected chi connectivity index (χ1v) is 9.95. The van der Waals surface area contributed by atoms with E-state index in [1.54, 1.807) is 24.5 Å². The summed E-state index contributed by atoms with van der Waals surface area (Å²) in [6.45, 7) is 6.00. The average molecular weight is 372 g/mol. The Kier molecular flexibility index (Phi) is 5.41. The summed E-state index contributed by atoms with van der Waals surface area (Å²) in [5.41, 5.74) is 0.659. The van der Waals surface area contributed by atoms with Crippen LogP contribution in [0.25, 0.3) is 0 Å². The number of morpholine rings is 1. The highest BCUT2D eigenvalue weighted by atomic mass is 16.5. The van der Waals surface area contributed by atoms with Gasteiger partial charge >= 0.3 is 0 Å². The SMILES string of the molecule is C[C@H]1CN2C[C@H](NC(=O)C3CCN(C(=O)c4ccncc4)CC3)C[C@H]2CO1. The standard InChI is InChI=1S/C20H28N4O3/c1-14-11-24-12-17(10-18(24)13-27-14)22-19(25)15-4-8-23(9-5-15)20(26)16-2-6-21-7-3-16/h2-3,6-7,14-15,17-18H,4-5,8-13H2,1H3,(H,22,25)/t14-,17+,18-/m0/s1. The van der Waals surface area contributed by atoms with Crippen LogP contribution >= 0.6 is 0 Å². The van der Waals surface area contributed by atoms with Gasteiger partial charge in [0.1, 0.15) is 0 Å². The number of likely N-dealkylation sites (tertiary alicyclic amines) is 1. The Morgan fingerprint density at radius 1 is 1.19 bits per heavy atom. The molecule has 0 saturated carbocycles. The molecule has 1 aromatic rings. The molecule has 0 aliphatic carbocycles. The molecular formula is C20H28N4O3. The van der Waals surface area contributed by atoms with Gasteiger partial charge < -0.3 is 15.0 Å². The summed E-state index contributed by atoms with van der Waals surface area (Å²) in [5.74, 6) is 0.169. The van der Waals surface area contributed by atoms with Crippen molar-refractivity contribution in [2.75, 3.05) is 32.8 Å². The van der Waals surface area contributed by atoms with Gasteiger partial charge in [-0.3, -0.25) is 19.5 Å². The van der Waals surface area contributed by atoms with Gasteiger partial charge in [-0.2, -0.15) is 0 Å². The molecule has 3 saturated heterocycles. The largest absolute Gasteiger partial charge is 0.376 e. The van der Waals surface area contributed by atoms with E-state index in [0.717, 1.165) is 39.0 Å². The van der Waals surface area contributed by atoms with Crippen molar-refractivity contribution in [2.45, 2.75) is 44.4 Å². The van der Waals surface area contributed by atoms with E-state index < -0.39 is 0 Å². The third-order valence-electron chi connectivity index (χ3n) is 6.02. The Bertz CT molecular complexity index is 675. The van der Waals surface area contributed by atoms with Gasteiger partial charge in [-0.1, -0.05) is 0 Å². The monoisotopic (exact) mass is 372 g/mol. The van der Waals surface area contributed by atoms with Crippen molar-refractivity contribution >= 4 is 11.8 Å². The maximum absolute atomic E-state index is 12.7. The van der Waals surface area contributed by atoms with Crippen LogP contribution in [0.4, 0.5) is 0 Å². The first kappa shape index (κ1) is 18.4. The molecule has 3 fully saturated rings. The Morgan fingerprint density at radius 2 is 1.93 bits per heavy atom. The second kappa shape index (κ2) is 7.94. The smallest absolute Gasteiger partial charge is 0.253 e. The third kappa shape index (κ3) is 4.14. The number of nitrogens with one attached hydrogen (secondary N) is 1. The highest BCUT2D eigenvalue weighted by molar-refractivity contribution is 5.94. The molecule has 1 aromatic heterocycles. The number of pyridine rings is 1. The Balaban J connectivity index is 1.25. The van der Waals surface area contributed by atoms with Crippen LogP contribution < -0.4 is 5.32 Å². The Labute approximate surface area is 160 Å². The second-order valence-electron chi connectivity index (χ2n) is 8.00. The first-order chi connectivity index (χ1) is 13.1. The summed E-state index contributed by atoms with van der Waals surface area (Å²) in [6.07, 6.45) is 5.96. The fourth-order valence-corrected chi connectivity index (χ4v) is 4.48. The lowest BCUT2D eigenvalue weighted by molar-refractivity contribution is -0.126. The number of fused-ring (bicyclic) bond motifs is 1. The van der Waals surface area contributed by atoms with Crippen LogP contribution in [0.15, 0.2) is 24.5 Å². The fourth-order valence-electron chi connectivity index (χ4n) is 4.48. The topological polar surface area (TPSA) is 74.8 Å². The molecule has 1 N–H and O–H groups in total. The maximum Gasteiger partial charge on any atom is 0.253 e. The number of amides is 2. The van der Waals surface area contributed by atoms with Crippen LogP contribution in [0.1, 0.15) is 36.5 Å². The minimum Gasteiger partial charge on any atom is -0.376 e. The molecule has 3 aliphatic rings. The number of nitrogens with zero attached hydrogens (tertiary/aromatic N) is 3. The predicted molar refractivity (Wildman–Crippen MR) is 100 cm³/mol. The summed E-state index contributed by atoms with van der Waals surface area (Å²) in [5, 5.41) is 3.25. The molecule has 0 bridgehead atoms. The highest BCUT2D eigenvalue weighted by Crippen LogP contribution is 2.24. The van der Waals surface area contributed by atoms with Crippen molar-refractivity contribution in [1.29, 1.82) is 0 Å². The lowest BCUT2D eigenvalue weighted by Crippen LogP contribution is -2.46. The molecule has 7 heteroatoms. The van der Waals surface area contributed by atoms with Crippen molar-refractivity contribution in [3.63, 3.8) is 0 Å².